The number of hydrogen-bond donors (Lipinski definition) is 2. The van der Waals surface area contributed by atoms with Gasteiger partial charge in [0.2, 0.25) is 0 Å². The third kappa shape index (κ3) is 6.98. The van der Waals surface area contributed by atoms with Crippen molar-refractivity contribution in [1.29, 1.82) is 0 Å². The zero-order chi connectivity index (χ0) is 23.8. The van der Waals surface area contributed by atoms with E-state index in [1.807, 2.05) is 0 Å². The molecule has 2 N–H and O–H groups in total. The van der Waals surface area contributed by atoms with Gasteiger partial charge in [0.25, 0.3) is 0 Å². The Kier molecular flexibility index (Phi) is 9.27. The number of carboxylic acids is 1. The first-order chi connectivity index (χ1) is 16.6. The number of thiazole rings is 1. The monoisotopic (exact) mass is 501 g/mol. The second-order valence-corrected chi connectivity index (χ2v) is 11.8. The number of carboxylic acid groups (broad SMARTS) is 1. The van der Waals surface area contributed by atoms with Crippen LogP contribution in [-0.2, 0) is 4.79 Å². The second kappa shape index (κ2) is 12.6. The molecule has 0 spiro atoms. The Balaban J connectivity index is 1.41. The highest BCUT2D eigenvalue weighted by Crippen LogP contribution is 2.37. The minimum absolute atomic E-state index is 0.0218. The Morgan fingerprint density at radius 1 is 1.00 bits per heavy atom. The van der Waals surface area contributed by atoms with Crippen molar-refractivity contribution in [2.45, 2.75) is 92.8 Å². The Hall–Kier alpha value is -2.06. The molecule has 184 valence electrons. The van der Waals surface area contributed by atoms with E-state index in [1.165, 1.54) is 54.3 Å². The molecule has 0 radical (unpaired) electrons. The third-order valence-electron chi connectivity index (χ3n) is 7.07. The minimum Gasteiger partial charge on any atom is -0.481 e. The summed E-state index contributed by atoms with van der Waals surface area (Å²) < 4.78 is 0.931. The van der Waals surface area contributed by atoms with Crippen LogP contribution < -0.4 is 5.32 Å². The fourth-order valence-electron chi connectivity index (χ4n) is 5.36. The summed E-state index contributed by atoms with van der Waals surface area (Å²) in [5.41, 5.74) is 1.42. The number of aliphatic carboxylic acids is 1. The van der Waals surface area contributed by atoms with Crippen LogP contribution in [0.5, 0.6) is 0 Å². The third-order valence-corrected chi connectivity index (χ3v) is 9.18. The Labute approximate surface area is 210 Å². The minimum atomic E-state index is -0.799. The maximum absolute atomic E-state index is 13.6. The molecule has 0 saturated heterocycles. The van der Waals surface area contributed by atoms with Crippen molar-refractivity contribution >= 4 is 40.2 Å². The van der Waals surface area contributed by atoms with E-state index in [4.69, 9.17) is 5.11 Å². The van der Waals surface area contributed by atoms with Crippen LogP contribution in [0.3, 0.4) is 0 Å². The van der Waals surface area contributed by atoms with Crippen molar-refractivity contribution < 1.29 is 14.7 Å². The molecular weight excluding hydrogens is 466 g/mol. The van der Waals surface area contributed by atoms with Gasteiger partial charge in [0.05, 0.1) is 16.8 Å². The number of hydrogen-bond acceptors (Lipinski definition) is 5. The first-order valence-electron chi connectivity index (χ1n) is 12.5. The van der Waals surface area contributed by atoms with Crippen LogP contribution in [0.1, 0.15) is 82.1 Å². The molecule has 1 aromatic heterocycles. The fraction of sp³-hybridized carbons (Fsp3) is 0.577. The highest BCUT2D eigenvalue weighted by Gasteiger charge is 2.34. The lowest BCUT2D eigenvalue weighted by atomic mass is 9.80. The van der Waals surface area contributed by atoms with Gasteiger partial charge in [-0.2, -0.15) is 0 Å². The van der Waals surface area contributed by atoms with Gasteiger partial charge in [0, 0.05) is 17.8 Å². The molecule has 2 saturated carbocycles. The molecule has 2 aliphatic carbocycles. The van der Waals surface area contributed by atoms with Gasteiger partial charge in [-0.15, -0.1) is 11.8 Å². The predicted octanol–water partition coefficient (Wildman–Crippen LogP) is 6.99. The topological polar surface area (TPSA) is 82.5 Å². The molecule has 1 heterocycles. The summed E-state index contributed by atoms with van der Waals surface area (Å²) in [7, 11) is 0. The van der Waals surface area contributed by atoms with Crippen LogP contribution in [0.25, 0.3) is 0 Å². The van der Waals surface area contributed by atoms with E-state index in [0.717, 1.165) is 42.7 Å². The molecule has 4 rings (SSSR count). The maximum Gasteiger partial charge on any atom is 0.324 e. The van der Waals surface area contributed by atoms with E-state index in [2.05, 4.69) is 45.5 Å². The lowest BCUT2D eigenvalue weighted by Crippen LogP contribution is -2.50. The second-order valence-electron chi connectivity index (χ2n) is 9.38. The summed E-state index contributed by atoms with van der Waals surface area (Å²) in [5.74, 6) is 0.288. The van der Waals surface area contributed by atoms with Gasteiger partial charge in [0.1, 0.15) is 0 Å². The van der Waals surface area contributed by atoms with Gasteiger partial charge >= 0.3 is 12.0 Å². The highest BCUT2D eigenvalue weighted by atomic mass is 32.2. The number of anilines is 1. The molecule has 6 nitrogen and oxygen atoms in total. The first-order valence-corrected chi connectivity index (χ1v) is 14.3. The van der Waals surface area contributed by atoms with E-state index < -0.39 is 5.97 Å². The average molecular weight is 502 g/mol. The molecule has 1 aromatic carbocycles. The van der Waals surface area contributed by atoms with Crippen molar-refractivity contribution in [2.24, 2.45) is 0 Å². The summed E-state index contributed by atoms with van der Waals surface area (Å²) in [6.45, 7) is 0. The molecule has 0 aliphatic heterocycles. The smallest absolute Gasteiger partial charge is 0.324 e. The number of benzene rings is 1. The van der Waals surface area contributed by atoms with Crippen molar-refractivity contribution in [1.82, 2.24) is 9.88 Å². The number of urea groups is 1. The van der Waals surface area contributed by atoms with E-state index in [0.29, 0.717) is 22.8 Å². The SMILES string of the molecule is O=C(O)CCSc1cnc(NC(=O)N(C2CCCCCC2)[C@H]2CC[C@H](c3ccccc3)CC2)s1. The number of thioether (sulfide) groups is 1. The summed E-state index contributed by atoms with van der Waals surface area (Å²) in [5, 5.41) is 12.5. The fourth-order valence-corrected chi connectivity index (χ4v) is 7.22. The molecular formula is C26H35N3O3S2. The van der Waals surface area contributed by atoms with Gasteiger partial charge < -0.3 is 10.0 Å². The molecule has 0 bridgehead atoms. The number of nitrogens with zero attached hydrogens (tertiary/aromatic N) is 2. The Bertz CT molecular complexity index is 920. The van der Waals surface area contributed by atoms with Gasteiger partial charge in [-0.3, -0.25) is 10.1 Å². The van der Waals surface area contributed by atoms with Crippen LogP contribution in [0.2, 0.25) is 0 Å². The van der Waals surface area contributed by atoms with Crippen molar-refractivity contribution in [3.05, 3.63) is 42.1 Å². The number of carbonyl (C=O) groups is 2. The van der Waals surface area contributed by atoms with Gasteiger partial charge in [0.15, 0.2) is 5.13 Å². The van der Waals surface area contributed by atoms with E-state index in [9.17, 15) is 9.59 Å². The standard InChI is InChI=1S/C26H35N3O3S2/c30-23(31)16-17-33-24-18-27-25(34-24)28-26(32)29(21-10-6-1-2-7-11-21)22-14-12-20(13-15-22)19-8-4-3-5-9-19/h3-5,8-9,18,20-22H,1-2,6-7,10-17H2,(H,30,31)(H,27,28,32)/t20-,22-. The van der Waals surface area contributed by atoms with Crippen LogP contribution in [-0.4, -0.2) is 44.8 Å². The van der Waals surface area contributed by atoms with E-state index in [-0.39, 0.29) is 18.5 Å². The normalized spacial score (nSPS) is 21.5. The molecule has 2 aliphatic rings. The first kappa shape index (κ1) is 25.0. The van der Waals surface area contributed by atoms with Gasteiger partial charge in [-0.25, -0.2) is 9.78 Å². The molecule has 0 atom stereocenters. The van der Waals surface area contributed by atoms with Crippen molar-refractivity contribution in [3.8, 4) is 0 Å². The van der Waals surface area contributed by atoms with Crippen molar-refractivity contribution in [2.75, 3.05) is 11.1 Å². The van der Waals surface area contributed by atoms with Crippen LogP contribution in [0.4, 0.5) is 9.93 Å². The molecule has 2 aromatic rings. The average Bonchev–Trinajstić information content (AvgIpc) is 3.11. The van der Waals surface area contributed by atoms with Crippen LogP contribution in [0, 0.1) is 0 Å². The largest absolute Gasteiger partial charge is 0.481 e. The van der Waals surface area contributed by atoms with Gasteiger partial charge in [-0.1, -0.05) is 67.4 Å². The van der Waals surface area contributed by atoms with E-state index >= 15 is 0 Å². The summed E-state index contributed by atoms with van der Waals surface area (Å²) in [6.07, 6.45) is 13.2. The molecule has 2 fully saturated rings. The molecule has 2 amide bonds. The number of carbonyl (C=O) groups excluding carboxylic acids is 1. The maximum atomic E-state index is 13.6. The van der Waals surface area contributed by atoms with Crippen LogP contribution >= 0.6 is 23.1 Å². The lowest BCUT2D eigenvalue weighted by Gasteiger charge is -2.41. The zero-order valence-electron chi connectivity index (χ0n) is 19.7. The summed E-state index contributed by atoms with van der Waals surface area (Å²) in [4.78, 5) is 30.9. The number of nitrogens with one attached hydrogen (secondary N) is 1. The molecule has 34 heavy (non-hydrogen) atoms. The van der Waals surface area contributed by atoms with Crippen LogP contribution in [0.15, 0.2) is 40.7 Å². The summed E-state index contributed by atoms with van der Waals surface area (Å²) >= 11 is 2.90. The highest BCUT2D eigenvalue weighted by molar-refractivity contribution is 8.01. The lowest BCUT2D eigenvalue weighted by molar-refractivity contribution is -0.136. The Morgan fingerprint density at radius 2 is 1.68 bits per heavy atom. The molecule has 0 unspecified atom stereocenters. The van der Waals surface area contributed by atoms with E-state index in [1.54, 1.807) is 6.20 Å². The quantitative estimate of drug-likeness (QED) is 0.301. The molecule has 8 heteroatoms. The van der Waals surface area contributed by atoms with Gasteiger partial charge in [-0.05, 0) is 50.0 Å². The Morgan fingerprint density at radius 3 is 2.35 bits per heavy atom. The number of aromatic nitrogens is 1. The predicted molar refractivity (Wildman–Crippen MR) is 139 cm³/mol. The number of amides is 2. The zero-order valence-corrected chi connectivity index (χ0v) is 21.3. The summed E-state index contributed by atoms with van der Waals surface area (Å²) in [6, 6.07) is 11.3. The van der Waals surface area contributed by atoms with Crippen molar-refractivity contribution in [3.63, 3.8) is 0 Å². The number of rotatable bonds is 8.